The molecule has 1 aromatic heterocycles. The Hall–Kier alpha value is -1.02. The Bertz CT molecular complexity index is 725. The van der Waals surface area contributed by atoms with Crippen molar-refractivity contribution in [1.82, 2.24) is 20.2 Å². The van der Waals surface area contributed by atoms with Gasteiger partial charge in [-0.3, -0.25) is 4.79 Å². The molecular formula is C14H14Cl3N5OS. The average Bonchev–Trinajstić information content (AvgIpc) is 3.19. The predicted molar refractivity (Wildman–Crippen MR) is 96.1 cm³/mol. The van der Waals surface area contributed by atoms with E-state index < -0.39 is 0 Å². The van der Waals surface area contributed by atoms with E-state index in [1.54, 1.807) is 0 Å². The topological polar surface area (TPSA) is 72.7 Å². The molecule has 24 heavy (non-hydrogen) atoms. The van der Waals surface area contributed by atoms with Gasteiger partial charge in [0.25, 0.3) is 0 Å². The van der Waals surface area contributed by atoms with E-state index in [1.165, 1.54) is 36.7 Å². The van der Waals surface area contributed by atoms with E-state index in [-0.39, 0.29) is 11.7 Å². The van der Waals surface area contributed by atoms with Crippen LogP contribution in [0.2, 0.25) is 15.1 Å². The highest BCUT2D eigenvalue weighted by Crippen LogP contribution is 2.34. The summed E-state index contributed by atoms with van der Waals surface area (Å²) < 4.78 is 1.81. The molecule has 3 rings (SSSR count). The van der Waals surface area contributed by atoms with Gasteiger partial charge in [0.05, 0.1) is 27.5 Å². The standard InChI is InChI=1S/C14H14Cl3N5OS/c15-8-5-10(16)13(11(17)6-8)18-12(23)7-24-14-19-20-21-22(14)9-3-1-2-4-9/h5-6,9H,1-4,7H2,(H,18,23). The molecule has 128 valence electrons. The third kappa shape index (κ3) is 4.14. The number of anilines is 1. The number of amides is 1. The van der Waals surface area contributed by atoms with Crippen LogP contribution in [0.3, 0.4) is 0 Å². The Kier molecular flexibility index (Phi) is 5.86. The van der Waals surface area contributed by atoms with E-state index in [0.717, 1.165) is 12.8 Å². The van der Waals surface area contributed by atoms with Gasteiger partial charge in [-0.1, -0.05) is 59.4 Å². The van der Waals surface area contributed by atoms with Crippen LogP contribution in [0.15, 0.2) is 17.3 Å². The van der Waals surface area contributed by atoms with Gasteiger partial charge in [0.2, 0.25) is 11.1 Å². The minimum absolute atomic E-state index is 0.155. The molecule has 1 saturated carbocycles. The van der Waals surface area contributed by atoms with E-state index in [1.807, 2.05) is 4.68 Å². The van der Waals surface area contributed by atoms with Gasteiger partial charge in [-0.25, -0.2) is 4.68 Å². The van der Waals surface area contributed by atoms with Crippen molar-refractivity contribution < 1.29 is 4.79 Å². The number of carbonyl (C=O) groups is 1. The van der Waals surface area contributed by atoms with Gasteiger partial charge in [-0.15, -0.1) is 5.10 Å². The summed E-state index contributed by atoms with van der Waals surface area (Å²) in [5, 5.41) is 16.1. The maximum atomic E-state index is 12.2. The third-order valence-corrected chi connectivity index (χ3v) is 5.48. The van der Waals surface area contributed by atoms with Crippen molar-refractivity contribution in [2.24, 2.45) is 0 Å². The molecule has 0 saturated heterocycles. The van der Waals surface area contributed by atoms with Crippen LogP contribution in [0.1, 0.15) is 31.7 Å². The summed E-state index contributed by atoms with van der Waals surface area (Å²) in [5.41, 5.74) is 0.351. The summed E-state index contributed by atoms with van der Waals surface area (Å²) in [7, 11) is 0. The summed E-state index contributed by atoms with van der Waals surface area (Å²) >= 11 is 19.3. The normalized spacial score (nSPS) is 15.0. The molecule has 0 aliphatic heterocycles. The van der Waals surface area contributed by atoms with E-state index in [4.69, 9.17) is 34.8 Å². The summed E-state index contributed by atoms with van der Waals surface area (Å²) in [6.07, 6.45) is 4.51. The predicted octanol–water partition coefficient (Wildman–Crippen LogP) is 4.48. The van der Waals surface area contributed by atoms with Crippen molar-refractivity contribution in [3.05, 3.63) is 27.2 Å². The van der Waals surface area contributed by atoms with Crippen LogP contribution in [-0.4, -0.2) is 31.9 Å². The Morgan fingerprint density at radius 2 is 1.92 bits per heavy atom. The molecule has 1 aliphatic carbocycles. The molecule has 1 aromatic carbocycles. The molecule has 1 fully saturated rings. The first kappa shape index (κ1) is 17.8. The highest BCUT2D eigenvalue weighted by molar-refractivity contribution is 7.99. The number of thioether (sulfide) groups is 1. The fourth-order valence-corrected chi connectivity index (χ4v) is 4.28. The molecule has 6 nitrogen and oxygen atoms in total. The van der Waals surface area contributed by atoms with E-state index >= 15 is 0 Å². The number of carbonyl (C=O) groups excluding carboxylic acids is 1. The molecule has 1 amide bonds. The minimum Gasteiger partial charge on any atom is -0.323 e. The van der Waals surface area contributed by atoms with E-state index in [9.17, 15) is 4.79 Å². The zero-order chi connectivity index (χ0) is 17.1. The molecule has 1 heterocycles. The Morgan fingerprint density at radius 1 is 1.25 bits per heavy atom. The number of tetrazole rings is 1. The van der Waals surface area contributed by atoms with Crippen LogP contribution in [0.25, 0.3) is 0 Å². The van der Waals surface area contributed by atoms with Gasteiger partial charge >= 0.3 is 0 Å². The van der Waals surface area contributed by atoms with Gasteiger partial charge in [-0.2, -0.15) is 0 Å². The van der Waals surface area contributed by atoms with E-state index in [0.29, 0.717) is 32.0 Å². The zero-order valence-corrected chi connectivity index (χ0v) is 15.6. The van der Waals surface area contributed by atoms with Gasteiger partial charge in [-0.05, 0) is 35.4 Å². The maximum Gasteiger partial charge on any atom is 0.234 e. The number of halogens is 3. The SMILES string of the molecule is O=C(CSc1nnnn1C1CCCC1)Nc1c(Cl)cc(Cl)cc1Cl. The lowest BCUT2D eigenvalue weighted by Gasteiger charge is -2.11. The molecule has 0 bridgehead atoms. The van der Waals surface area contributed by atoms with Crippen LogP contribution in [-0.2, 0) is 4.79 Å². The van der Waals surface area contributed by atoms with Crippen LogP contribution in [0, 0.1) is 0 Å². The van der Waals surface area contributed by atoms with Crippen molar-refractivity contribution in [1.29, 1.82) is 0 Å². The third-order valence-electron chi connectivity index (χ3n) is 3.74. The molecule has 1 N–H and O–H groups in total. The van der Waals surface area contributed by atoms with Crippen molar-refractivity contribution in [3.63, 3.8) is 0 Å². The Labute approximate surface area is 158 Å². The lowest BCUT2D eigenvalue weighted by atomic mass is 10.3. The fraction of sp³-hybridized carbons (Fsp3) is 0.429. The quantitative estimate of drug-likeness (QED) is 0.741. The summed E-state index contributed by atoms with van der Waals surface area (Å²) in [5.74, 6) is -0.0883. The smallest absolute Gasteiger partial charge is 0.234 e. The first-order chi connectivity index (χ1) is 11.5. The Balaban J connectivity index is 1.62. The molecule has 0 unspecified atom stereocenters. The summed E-state index contributed by atoms with van der Waals surface area (Å²) in [4.78, 5) is 12.2. The van der Waals surface area contributed by atoms with Gasteiger partial charge < -0.3 is 5.32 Å². The highest BCUT2D eigenvalue weighted by Gasteiger charge is 2.22. The van der Waals surface area contributed by atoms with Crippen molar-refractivity contribution in [2.75, 3.05) is 11.1 Å². The first-order valence-electron chi connectivity index (χ1n) is 7.39. The Morgan fingerprint density at radius 3 is 2.58 bits per heavy atom. The first-order valence-corrected chi connectivity index (χ1v) is 9.51. The number of hydrogen-bond donors (Lipinski definition) is 1. The van der Waals surface area contributed by atoms with Crippen LogP contribution in [0.4, 0.5) is 5.69 Å². The number of rotatable bonds is 5. The van der Waals surface area contributed by atoms with Crippen LogP contribution < -0.4 is 5.32 Å². The van der Waals surface area contributed by atoms with Crippen molar-refractivity contribution in [3.8, 4) is 0 Å². The number of nitrogens with one attached hydrogen (secondary N) is 1. The largest absolute Gasteiger partial charge is 0.323 e. The number of hydrogen-bond acceptors (Lipinski definition) is 5. The maximum absolute atomic E-state index is 12.2. The monoisotopic (exact) mass is 405 g/mol. The lowest BCUT2D eigenvalue weighted by molar-refractivity contribution is -0.113. The van der Waals surface area contributed by atoms with Gasteiger partial charge in [0.1, 0.15) is 0 Å². The molecular weight excluding hydrogens is 393 g/mol. The molecule has 0 spiro atoms. The molecule has 1 aliphatic rings. The second-order valence-electron chi connectivity index (χ2n) is 5.43. The van der Waals surface area contributed by atoms with E-state index in [2.05, 4.69) is 20.8 Å². The zero-order valence-electron chi connectivity index (χ0n) is 12.5. The van der Waals surface area contributed by atoms with Crippen LogP contribution in [0.5, 0.6) is 0 Å². The summed E-state index contributed by atoms with van der Waals surface area (Å²) in [6.45, 7) is 0. The second-order valence-corrected chi connectivity index (χ2v) is 7.62. The number of nitrogens with zero attached hydrogens (tertiary/aromatic N) is 4. The average molecular weight is 407 g/mol. The van der Waals surface area contributed by atoms with Crippen molar-refractivity contribution in [2.45, 2.75) is 36.9 Å². The fourth-order valence-electron chi connectivity index (χ4n) is 2.63. The minimum atomic E-state index is -0.243. The molecule has 0 radical (unpaired) electrons. The summed E-state index contributed by atoms with van der Waals surface area (Å²) in [6, 6.07) is 3.38. The van der Waals surface area contributed by atoms with Crippen molar-refractivity contribution >= 4 is 58.2 Å². The highest BCUT2D eigenvalue weighted by atomic mass is 35.5. The molecule has 2 aromatic rings. The second kappa shape index (κ2) is 7.91. The molecule has 10 heteroatoms. The number of benzene rings is 1. The van der Waals surface area contributed by atoms with Gasteiger partial charge in [0.15, 0.2) is 0 Å². The van der Waals surface area contributed by atoms with Crippen LogP contribution >= 0.6 is 46.6 Å². The lowest BCUT2D eigenvalue weighted by Crippen LogP contribution is -2.16. The molecule has 0 atom stereocenters. The number of aromatic nitrogens is 4. The van der Waals surface area contributed by atoms with Gasteiger partial charge in [0, 0.05) is 5.02 Å².